The van der Waals surface area contributed by atoms with Crippen LogP contribution < -0.4 is 4.72 Å². The van der Waals surface area contributed by atoms with Crippen molar-refractivity contribution in [3.8, 4) is 6.07 Å². The van der Waals surface area contributed by atoms with Gasteiger partial charge in [0.1, 0.15) is 0 Å². The number of nitriles is 1. The molecule has 0 amide bonds. The fourth-order valence-electron chi connectivity index (χ4n) is 1.08. The van der Waals surface area contributed by atoms with E-state index in [2.05, 4.69) is 9.46 Å². The average molecular weight is 262 g/mol. The second-order valence-electron chi connectivity index (χ2n) is 3.38. The van der Waals surface area contributed by atoms with Gasteiger partial charge in [-0.1, -0.05) is 0 Å². The summed E-state index contributed by atoms with van der Waals surface area (Å²) in [6.45, 7) is 2.22. The molecule has 0 unspecified atom stereocenters. The zero-order valence-corrected chi connectivity index (χ0v) is 10.8. The summed E-state index contributed by atoms with van der Waals surface area (Å²) in [5, 5.41) is 8.28. The quantitative estimate of drug-likeness (QED) is 0.483. The van der Waals surface area contributed by atoms with Crippen LogP contribution in [0.5, 0.6) is 0 Å². The second kappa shape index (κ2) is 8.96. The molecule has 0 heterocycles. The molecule has 0 aliphatic carbocycles. The van der Waals surface area contributed by atoms with E-state index < -0.39 is 16.0 Å². The van der Waals surface area contributed by atoms with E-state index in [1.807, 2.05) is 6.07 Å². The molecule has 0 spiro atoms. The predicted octanol–water partition coefficient (Wildman–Crippen LogP) is 0.553. The molecule has 1 N–H and O–H groups in total. The number of rotatable bonds is 9. The minimum Gasteiger partial charge on any atom is -0.466 e. The summed E-state index contributed by atoms with van der Waals surface area (Å²) in [7, 11) is -3.42. The van der Waals surface area contributed by atoms with Crippen LogP contribution in [0.2, 0.25) is 0 Å². The van der Waals surface area contributed by atoms with Crippen molar-refractivity contribution in [2.45, 2.75) is 32.6 Å². The van der Waals surface area contributed by atoms with Gasteiger partial charge in [0.25, 0.3) is 0 Å². The third-order valence-corrected chi connectivity index (χ3v) is 3.30. The molecule has 0 radical (unpaired) electrons. The molecule has 0 fully saturated rings. The highest BCUT2D eigenvalue weighted by Gasteiger charge is 2.12. The van der Waals surface area contributed by atoms with Crippen LogP contribution in [-0.2, 0) is 19.6 Å². The Morgan fingerprint density at radius 1 is 1.41 bits per heavy atom. The number of esters is 1. The third kappa shape index (κ3) is 9.78. The maximum absolute atomic E-state index is 11.4. The Bertz CT molecular complexity index is 359. The molecule has 6 nitrogen and oxygen atoms in total. The third-order valence-electron chi connectivity index (χ3n) is 1.92. The zero-order chi connectivity index (χ0) is 13.1. The molecular formula is C10H18N2O4S. The van der Waals surface area contributed by atoms with Gasteiger partial charge in [0.15, 0.2) is 0 Å². The number of carbonyl (C=O) groups excluding carboxylic acids is 1. The predicted molar refractivity (Wildman–Crippen MR) is 62.5 cm³/mol. The lowest BCUT2D eigenvalue weighted by Gasteiger charge is -2.05. The first kappa shape index (κ1) is 15.9. The zero-order valence-electron chi connectivity index (χ0n) is 9.94. The van der Waals surface area contributed by atoms with Gasteiger partial charge < -0.3 is 4.74 Å². The van der Waals surface area contributed by atoms with Gasteiger partial charge in [-0.3, -0.25) is 4.79 Å². The summed E-state index contributed by atoms with van der Waals surface area (Å²) in [6.07, 6.45) is 1.56. The van der Waals surface area contributed by atoms with Gasteiger partial charge in [-0.05, 0) is 19.8 Å². The molecule has 0 rings (SSSR count). The van der Waals surface area contributed by atoms with Crippen LogP contribution in [0.15, 0.2) is 0 Å². The van der Waals surface area contributed by atoms with Gasteiger partial charge in [-0.15, -0.1) is 0 Å². The van der Waals surface area contributed by atoms with E-state index in [1.54, 1.807) is 6.92 Å². The van der Waals surface area contributed by atoms with Crippen molar-refractivity contribution < 1.29 is 17.9 Å². The summed E-state index contributed by atoms with van der Waals surface area (Å²) < 4.78 is 29.8. The number of carbonyl (C=O) groups is 1. The summed E-state index contributed by atoms with van der Waals surface area (Å²) in [6, 6.07) is 1.98. The van der Waals surface area contributed by atoms with Crippen LogP contribution >= 0.6 is 0 Å². The number of hydrogen-bond donors (Lipinski definition) is 1. The molecule has 0 aromatic heterocycles. The summed E-state index contributed by atoms with van der Waals surface area (Å²) in [4.78, 5) is 11.0. The number of sulfonamides is 1. The number of unbranched alkanes of at least 4 members (excludes halogenated alkanes) is 2. The monoisotopic (exact) mass is 262 g/mol. The minimum atomic E-state index is -3.42. The van der Waals surface area contributed by atoms with Gasteiger partial charge in [0, 0.05) is 13.0 Å². The van der Waals surface area contributed by atoms with Gasteiger partial charge in [-0.2, -0.15) is 5.26 Å². The normalized spacial score (nSPS) is 10.8. The summed E-state index contributed by atoms with van der Waals surface area (Å²) in [5.41, 5.74) is 0. The van der Waals surface area contributed by atoms with E-state index in [-0.39, 0.29) is 18.8 Å². The Morgan fingerprint density at radius 2 is 2.12 bits per heavy atom. The Morgan fingerprint density at radius 3 is 2.71 bits per heavy atom. The highest BCUT2D eigenvalue weighted by molar-refractivity contribution is 7.89. The molecule has 0 aliphatic rings. The molecule has 0 aromatic carbocycles. The molecule has 17 heavy (non-hydrogen) atoms. The SMILES string of the molecule is CCOC(=O)CCS(=O)(=O)NCCCCC#N. The molecule has 0 aliphatic heterocycles. The van der Waals surface area contributed by atoms with Crippen molar-refractivity contribution >= 4 is 16.0 Å². The summed E-state index contributed by atoms with van der Waals surface area (Å²) >= 11 is 0. The largest absolute Gasteiger partial charge is 0.466 e. The van der Waals surface area contributed by atoms with Crippen molar-refractivity contribution in [3.05, 3.63) is 0 Å². The molecule has 98 valence electrons. The van der Waals surface area contributed by atoms with Gasteiger partial charge in [-0.25, -0.2) is 13.1 Å². The highest BCUT2D eigenvalue weighted by Crippen LogP contribution is 1.96. The molecule has 7 heteroatoms. The first-order valence-corrected chi connectivity index (χ1v) is 7.17. The van der Waals surface area contributed by atoms with Crippen molar-refractivity contribution in [1.82, 2.24) is 4.72 Å². The lowest BCUT2D eigenvalue weighted by Crippen LogP contribution is -2.28. The smallest absolute Gasteiger partial charge is 0.306 e. The molecular weight excluding hydrogens is 244 g/mol. The average Bonchev–Trinajstić information content (AvgIpc) is 2.27. The lowest BCUT2D eigenvalue weighted by molar-refractivity contribution is -0.142. The Labute approximate surface area is 102 Å². The van der Waals surface area contributed by atoms with Crippen LogP contribution in [0.4, 0.5) is 0 Å². The van der Waals surface area contributed by atoms with Gasteiger partial charge in [0.05, 0.1) is 24.8 Å². The minimum absolute atomic E-state index is 0.138. The molecule has 0 aromatic rings. The topological polar surface area (TPSA) is 96.3 Å². The standard InChI is InChI=1S/C10H18N2O4S/c1-2-16-10(13)6-9-17(14,15)12-8-5-3-4-7-11/h12H,2-6,8-9H2,1H3. The first-order valence-electron chi connectivity index (χ1n) is 5.51. The van der Waals surface area contributed by atoms with Crippen LogP contribution in [0, 0.1) is 11.3 Å². The summed E-state index contributed by atoms with van der Waals surface area (Å²) in [5.74, 6) is -0.772. The molecule has 0 atom stereocenters. The van der Waals surface area contributed by atoms with E-state index >= 15 is 0 Å². The number of nitrogens with one attached hydrogen (secondary N) is 1. The van der Waals surface area contributed by atoms with Crippen molar-refractivity contribution in [1.29, 1.82) is 5.26 Å². The van der Waals surface area contributed by atoms with Gasteiger partial charge >= 0.3 is 5.97 Å². The van der Waals surface area contributed by atoms with Crippen LogP contribution in [-0.4, -0.2) is 33.3 Å². The maximum atomic E-state index is 11.4. The fraction of sp³-hybridized carbons (Fsp3) is 0.800. The van der Waals surface area contributed by atoms with Crippen LogP contribution in [0.3, 0.4) is 0 Å². The van der Waals surface area contributed by atoms with Crippen molar-refractivity contribution in [3.63, 3.8) is 0 Å². The second-order valence-corrected chi connectivity index (χ2v) is 5.31. The molecule has 0 saturated heterocycles. The van der Waals surface area contributed by atoms with Crippen LogP contribution in [0.25, 0.3) is 0 Å². The van der Waals surface area contributed by atoms with Crippen LogP contribution in [0.1, 0.15) is 32.6 Å². The van der Waals surface area contributed by atoms with Crippen molar-refractivity contribution in [2.24, 2.45) is 0 Å². The lowest BCUT2D eigenvalue weighted by atomic mass is 10.2. The van der Waals surface area contributed by atoms with E-state index in [1.165, 1.54) is 0 Å². The number of ether oxygens (including phenoxy) is 1. The number of hydrogen-bond acceptors (Lipinski definition) is 5. The van der Waals surface area contributed by atoms with Gasteiger partial charge in [0.2, 0.25) is 10.0 Å². The van der Waals surface area contributed by atoms with E-state index in [0.717, 1.165) is 0 Å². The fourth-order valence-corrected chi connectivity index (χ4v) is 2.11. The van der Waals surface area contributed by atoms with E-state index in [0.29, 0.717) is 25.8 Å². The molecule has 0 saturated carbocycles. The van der Waals surface area contributed by atoms with Crippen molar-refractivity contribution in [2.75, 3.05) is 18.9 Å². The van der Waals surface area contributed by atoms with E-state index in [4.69, 9.17) is 5.26 Å². The maximum Gasteiger partial charge on any atom is 0.306 e. The highest BCUT2D eigenvalue weighted by atomic mass is 32.2. The Hall–Kier alpha value is -1.13. The number of nitrogens with zero attached hydrogens (tertiary/aromatic N) is 1. The Balaban J connectivity index is 3.74. The van der Waals surface area contributed by atoms with E-state index in [9.17, 15) is 13.2 Å². The molecule has 0 bridgehead atoms. The first-order chi connectivity index (χ1) is 8.02. The Kier molecular flexibility index (Phi) is 8.36.